The molecular formula is C14H12N2O2S. The summed E-state index contributed by atoms with van der Waals surface area (Å²) in [6.07, 6.45) is 1.68. The maximum atomic E-state index is 5.52. The van der Waals surface area contributed by atoms with Gasteiger partial charge in [-0.25, -0.2) is 9.98 Å². The molecule has 4 nitrogen and oxygen atoms in total. The summed E-state index contributed by atoms with van der Waals surface area (Å²) in [6, 6.07) is 11.7. The highest BCUT2D eigenvalue weighted by Gasteiger charge is 2.02. The number of hydrogen-bond donors (Lipinski definition) is 0. The second kappa shape index (κ2) is 5.34. The van der Waals surface area contributed by atoms with Gasteiger partial charge in [-0.05, 0) is 24.3 Å². The quantitative estimate of drug-likeness (QED) is 0.679. The number of aromatic nitrogens is 1. The molecule has 3 rings (SSSR count). The molecule has 0 N–H and O–H groups in total. The Morgan fingerprint density at radius 2 is 2.21 bits per heavy atom. The van der Waals surface area contributed by atoms with E-state index in [0.717, 1.165) is 21.1 Å². The summed E-state index contributed by atoms with van der Waals surface area (Å²) >= 11 is 1.56. The number of furan rings is 1. The number of thiazole rings is 1. The average Bonchev–Trinajstić information content (AvgIpc) is 3.02. The molecule has 3 aromatic rings. The van der Waals surface area contributed by atoms with Crippen LogP contribution in [-0.2, 0) is 11.3 Å². The summed E-state index contributed by atoms with van der Waals surface area (Å²) in [7, 11) is 1.64. The summed E-state index contributed by atoms with van der Waals surface area (Å²) in [5.41, 5.74) is 0.971. The molecule has 2 aromatic heterocycles. The Morgan fingerprint density at radius 3 is 3.05 bits per heavy atom. The van der Waals surface area contributed by atoms with E-state index in [4.69, 9.17) is 9.15 Å². The molecule has 0 fully saturated rings. The smallest absolute Gasteiger partial charge is 0.210 e. The van der Waals surface area contributed by atoms with Crippen molar-refractivity contribution in [1.82, 2.24) is 4.98 Å². The highest BCUT2D eigenvalue weighted by Crippen LogP contribution is 2.27. The molecule has 0 amide bonds. The second-order valence-corrected chi connectivity index (χ2v) is 4.97. The molecule has 96 valence electrons. The van der Waals surface area contributed by atoms with Gasteiger partial charge in [-0.1, -0.05) is 23.5 Å². The molecule has 0 saturated carbocycles. The molecule has 0 saturated heterocycles. The Morgan fingerprint density at radius 1 is 1.32 bits per heavy atom. The van der Waals surface area contributed by atoms with Gasteiger partial charge >= 0.3 is 0 Å². The van der Waals surface area contributed by atoms with E-state index in [1.165, 1.54) is 0 Å². The molecule has 19 heavy (non-hydrogen) atoms. The topological polar surface area (TPSA) is 47.6 Å². The number of para-hydroxylation sites is 1. The minimum Gasteiger partial charge on any atom is -0.458 e. The van der Waals surface area contributed by atoms with Crippen molar-refractivity contribution >= 4 is 32.9 Å². The van der Waals surface area contributed by atoms with E-state index in [1.807, 2.05) is 36.4 Å². The van der Waals surface area contributed by atoms with Crippen LogP contribution in [0.3, 0.4) is 0 Å². The van der Waals surface area contributed by atoms with Crippen LogP contribution in [0.4, 0.5) is 5.13 Å². The summed E-state index contributed by atoms with van der Waals surface area (Å²) in [4.78, 5) is 8.76. The lowest BCUT2D eigenvalue weighted by Gasteiger charge is -1.91. The Hall–Kier alpha value is -1.98. The number of fused-ring (bicyclic) bond motifs is 1. The van der Waals surface area contributed by atoms with E-state index in [9.17, 15) is 0 Å². The lowest BCUT2D eigenvalue weighted by Crippen LogP contribution is -1.82. The van der Waals surface area contributed by atoms with Crippen LogP contribution < -0.4 is 0 Å². The van der Waals surface area contributed by atoms with E-state index < -0.39 is 0 Å². The fourth-order valence-corrected chi connectivity index (χ4v) is 2.53. The van der Waals surface area contributed by atoms with Crippen LogP contribution >= 0.6 is 11.3 Å². The third kappa shape index (κ3) is 2.72. The molecule has 0 bridgehead atoms. The first-order valence-corrected chi connectivity index (χ1v) is 6.64. The normalized spacial score (nSPS) is 11.6. The van der Waals surface area contributed by atoms with Gasteiger partial charge in [0.05, 0.1) is 16.4 Å². The highest BCUT2D eigenvalue weighted by molar-refractivity contribution is 7.22. The molecule has 0 spiro atoms. The first-order chi connectivity index (χ1) is 9.35. The lowest BCUT2D eigenvalue weighted by molar-refractivity contribution is 0.164. The van der Waals surface area contributed by atoms with Gasteiger partial charge in [-0.2, -0.15) is 0 Å². The van der Waals surface area contributed by atoms with Gasteiger partial charge in [0, 0.05) is 7.11 Å². The van der Waals surface area contributed by atoms with Gasteiger partial charge in [0.15, 0.2) is 0 Å². The molecule has 0 aliphatic heterocycles. The molecule has 0 aliphatic rings. The number of ether oxygens (including phenoxy) is 1. The number of benzene rings is 1. The van der Waals surface area contributed by atoms with E-state index in [-0.39, 0.29) is 0 Å². The minimum absolute atomic E-state index is 0.467. The van der Waals surface area contributed by atoms with Crippen molar-refractivity contribution in [1.29, 1.82) is 0 Å². The van der Waals surface area contributed by atoms with Crippen LogP contribution in [0, 0.1) is 0 Å². The fourth-order valence-electron chi connectivity index (χ4n) is 1.72. The lowest BCUT2D eigenvalue weighted by atomic mass is 10.3. The van der Waals surface area contributed by atoms with Crippen molar-refractivity contribution in [2.75, 3.05) is 7.11 Å². The number of hydrogen-bond acceptors (Lipinski definition) is 5. The predicted molar refractivity (Wildman–Crippen MR) is 76.3 cm³/mol. The van der Waals surface area contributed by atoms with Gasteiger partial charge in [-0.15, -0.1) is 0 Å². The van der Waals surface area contributed by atoms with Crippen LogP contribution in [0.5, 0.6) is 0 Å². The Balaban J connectivity index is 1.80. The van der Waals surface area contributed by atoms with E-state index in [0.29, 0.717) is 12.4 Å². The molecule has 0 radical (unpaired) electrons. The third-order valence-corrected chi connectivity index (χ3v) is 3.50. The molecule has 0 unspecified atom stereocenters. The summed E-state index contributed by atoms with van der Waals surface area (Å²) in [5.74, 6) is 1.49. The number of methoxy groups -OCH3 is 1. The largest absolute Gasteiger partial charge is 0.458 e. The Kier molecular flexibility index (Phi) is 3.39. The van der Waals surface area contributed by atoms with Gasteiger partial charge < -0.3 is 9.15 Å². The zero-order valence-corrected chi connectivity index (χ0v) is 11.2. The molecule has 0 aliphatic carbocycles. The standard InChI is InChI=1S/C14H12N2O2S/c1-17-9-11-7-6-10(18-11)8-15-14-16-12-4-2-3-5-13(12)19-14/h2-8H,9H2,1H3. The van der Waals surface area contributed by atoms with Gasteiger partial charge in [0.2, 0.25) is 5.13 Å². The molecule has 5 heteroatoms. The van der Waals surface area contributed by atoms with Crippen LogP contribution in [0.2, 0.25) is 0 Å². The fraction of sp³-hybridized carbons (Fsp3) is 0.143. The third-order valence-electron chi connectivity index (χ3n) is 2.55. The Bertz CT molecular complexity index is 682. The number of aliphatic imine (C=N–C) groups is 1. The van der Waals surface area contributed by atoms with Gasteiger partial charge in [0.25, 0.3) is 0 Å². The highest BCUT2D eigenvalue weighted by atomic mass is 32.1. The van der Waals surface area contributed by atoms with E-state index in [2.05, 4.69) is 9.98 Å². The first-order valence-electron chi connectivity index (χ1n) is 5.82. The zero-order chi connectivity index (χ0) is 13.1. The maximum absolute atomic E-state index is 5.52. The minimum atomic E-state index is 0.467. The molecular weight excluding hydrogens is 260 g/mol. The van der Waals surface area contributed by atoms with Crippen molar-refractivity contribution in [2.45, 2.75) is 6.61 Å². The SMILES string of the molecule is COCc1ccc(C=Nc2nc3ccccc3s2)o1. The van der Waals surface area contributed by atoms with Crippen molar-refractivity contribution < 1.29 is 9.15 Å². The van der Waals surface area contributed by atoms with Crippen molar-refractivity contribution in [2.24, 2.45) is 4.99 Å². The average molecular weight is 272 g/mol. The van der Waals surface area contributed by atoms with Crippen molar-refractivity contribution in [3.05, 3.63) is 47.9 Å². The van der Waals surface area contributed by atoms with Crippen LogP contribution in [0.15, 0.2) is 45.8 Å². The van der Waals surface area contributed by atoms with Gasteiger partial charge in [-0.3, -0.25) is 0 Å². The summed E-state index contributed by atoms with van der Waals surface area (Å²) in [6.45, 7) is 0.467. The molecule has 0 atom stereocenters. The zero-order valence-electron chi connectivity index (χ0n) is 10.4. The van der Waals surface area contributed by atoms with Crippen LogP contribution in [-0.4, -0.2) is 18.3 Å². The van der Waals surface area contributed by atoms with Crippen molar-refractivity contribution in [3.8, 4) is 0 Å². The van der Waals surface area contributed by atoms with Gasteiger partial charge in [0.1, 0.15) is 18.1 Å². The second-order valence-electron chi connectivity index (χ2n) is 3.96. The monoisotopic (exact) mass is 272 g/mol. The summed E-state index contributed by atoms with van der Waals surface area (Å²) < 4.78 is 11.7. The van der Waals surface area contributed by atoms with Crippen LogP contribution in [0.25, 0.3) is 10.2 Å². The Labute approximate surface area is 114 Å². The van der Waals surface area contributed by atoms with E-state index >= 15 is 0 Å². The first kappa shape index (κ1) is 12.1. The number of nitrogens with zero attached hydrogens (tertiary/aromatic N) is 2. The molecule has 1 aromatic carbocycles. The summed E-state index contributed by atoms with van der Waals surface area (Å²) in [5, 5.41) is 0.728. The van der Waals surface area contributed by atoms with Crippen LogP contribution in [0.1, 0.15) is 11.5 Å². The van der Waals surface area contributed by atoms with Crippen molar-refractivity contribution in [3.63, 3.8) is 0 Å². The predicted octanol–water partition coefficient (Wildman–Crippen LogP) is 3.79. The van der Waals surface area contributed by atoms with E-state index in [1.54, 1.807) is 24.7 Å². The number of rotatable bonds is 4. The molecule has 2 heterocycles. The maximum Gasteiger partial charge on any atom is 0.210 e.